The highest BCUT2D eigenvalue weighted by molar-refractivity contribution is 5.26. The van der Waals surface area contributed by atoms with E-state index in [9.17, 15) is 5.11 Å². The van der Waals surface area contributed by atoms with Crippen molar-refractivity contribution in [2.75, 3.05) is 6.61 Å². The van der Waals surface area contributed by atoms with E-state index in [4.69, 9.17) is 4.74 Å². The molecule has 1 unspecified atom stereocenters. The molecule has 0 bridgehead atoms. The van der Waals surface area contributed by atoms with Gasteiger partial charge in [-0.1, -0.05) is 31.5 Å². The standard InChI is InChI=1S/C13H20O2/c1-10(2)13(14)8-9-15-12-6-4-11(3)5-7-12/h4-7,10,13-14H,8-9H2,1-3H3. The second-order valence-corrected chi connectivity index (χ2v) is 4.26. The fraction of sp³-hybridized carbons (Fsp3) is 0.538. The Kier molecular flexibility index (Phi) is 4.63. The first-order chi connectivity index (χ1) is 7.09. The van der Waals surface area contributed by atoms with Gasteiger partial charge >= 0.3 is 0 Å². The zero-order valence-corrected chi connectivity index (χ0v) is 9.73. The van der Waals surface area contributed by atoms with E-state index in [1.807, 2.05) is 45.0 Å². The maximum absolute atomic E-state index is 9.57. The fourth-order valence-corrected chi connectivity index (χ4v) is 1.27. The lowest BCUT2D eigenvalue weighted by molar-refractivity contribution is 0.0976. The van der Waals surface area contributed by atoms with Gasteiger partial charge in [-0.15, -0.1) is 0 Å². The van der Waals surface area contributed by atoms with Gasteiger partial charge in [-0.2, -0.15) is 0 Å². The summed E-state index contributed by atoms with van der Waals surface area (Å²) in [4.78, 5) is 0. The number of benzene rings is 1. The lowest BCUT2D eigenvalue weighted by atomic mass is 10.1. The van der Waals surface area contributed by atoms with Crippen LogP contribution in [0.3, 0.4) is 0 Å². The molecule has 2 heteroatoms. The van der Waals surface area contributed by atoms with Crippen LogP contribution in [0.4, 0.5) is 0 Å². The Morgan fingerprint density at radius 1 is 1.20 bits per heavy atom. The molecule has 0 spiro atoms. The molecule has 0 heterocycles. The topological polar surface area (TPSA) is 29.5 Å². The fourth-order valence-electron chi connectivity index (χ4n) is 1.27. The number of aliphatic hydroxyl groups excluding tert-OH is 1. The summed E-state index contributed by atoms with van der Waals surface area (Å²) in [5.74, 6) is 1.17. The van der Waals surface area contributed by atoms with Crippen molar-refractivity contribution in [3.05, 3.63) is 29.8 Å². The molecule has 84 valence electrons. The number of rotatable bonds is 5. The van der Waals surface area contributed by atoms with E-state index in [2.05, 4.69) is 0 Å². The molecular formula is C13H20O2. The molecule has 0 saturated carbocycles. The molecule has 2 nitrogen and oxygen atoms in total. The Balaban J connectivity index is 2.29. The minimum absolute atomic E-state index is 0.268. The van der Waals surface area contributed by atoms with E-state index >= 15 is 0 Å². The third-order valence-electron chi connectivity index (χ3n) is 2.47. The van der Waals surface area contributed by atoms with Crippen LogP contribution in [0, 0.1) is 12.8 Å². The smallest absolute Gasteiger partial charge is 0.119 e. The van der Waals surface area contributed by atoms with Crippen LogP contribution in [-0.4, -0.2) is 17.8 Å². The Morgan fingerprint density at radius 3 is 2.33 bits per heavy atom. The van der Waals surface area contributed by atoms with Gasteiger partial charge in [0.05, 0.1) is 12.7 Å². The average molecular weight is 208 g/mol. The molecule has 0 aliphatic heterocycles. The molecule has 0 aliphatic carbocycles. The van der Waals surface area contributed by atoms with Crippen LogP contribution in [-0.2, 0) is 0 Å². The number of hydrogen-bond acceptors (Lipinski definition) is 2. The van der Waals surface area contributed by atoms with Crippen LogP contribution in [0.15, 0.2) is 24.3 Å². The van der Waals surface area contributed by atoms with Crippen LogP contribution < -0.4 is 4.74 Å². The highest BCUT2D eigenvalue weighted by Crippen LogP contribution is 2.13. The van der Waals surface area contributed by atoms with Gasteiger partial charge < -0.3 is 9.84 Å². The zero-order valence-electron chi connectivity index (χ0n) is 9.73. The van der Waals surface area contributed by atoms with E-state index in [-0.39, 0.29) is 6.10 Å². The zero-order chi connectivity index (χ0) is 11.3. The van der Waals surface area contributed by atoms with Crippen LogP contribution in [0.2, 0.25) is 0 Å². The summed E-state index contributed by atoms with van der Waals surface area (Å²) in [6.07, 6.45) is 0.418. The van der Waals surface area contributed by atoms with Crippen molar-refractivity contribution >= 4 is 0 Å². The molecule has 0 fully saturated rings. The summed E-state index contributed by atoms with van der Waals surface area (Å²) < 4.78 is 5.52. The first kappa shape index (κ1) is 12.1. The Labute approximate surface area is 91.9 Å². The molecular weight excluding hydrogens is 188 g/mol. The van der Waals surface area contributed by atoms with Crippen molar-refractivity contribution in [2.45, 2.75) is 33.3 Å². The Hall–Kier alpha value is -1.02. The van der Waals surface area contributed by atoms with Crippen LogP contribution in [0.25, 0.3) is 0 Å². The van der Waals surface area contributed by atoms with Crippen LogP contribution >= 0.6 is 0 Å². The maximum atomic E-state index is 9.57. The number of aliphatic hydroxyl groups is 1. The maximum Gasteiger partial charge on any atom is 0.119 e. The summed E-state index contributed by atoms with van der Waals surface area (Å²) in [6, 6.07) is 7.95. The Bertz CT molecular complexity index is 277. The predicted molar refractivity (Wildman–Crippen MR) is 62.1 cm³/mol. The van der Waals surface area contributed by atoms with Crippen molar-refractivity contribution in [2.24, 2.45) is 5.92 Å². The SMILES string of the molecule is Cc1ccc(OCCC(O)C(C)C)cc1. The lowest BCUT2D eigenvalue weighted by Crippen LogP contribution is -2.17. The molecule has 0 amide bonds. The summed E-state index contributed by atoms with van der Waals surface area (Å²) in [5, 5.41) is 9.57. The summed E-state index contributed by atoms with van der Waals surface area (Å²) in [5.41, 5.74) is 1.23. The van der Waals surface area contributed by atoms with Crippen molar-refractivity contribution in [1.29, 1.82) is 0 Å². The van der Waals surface area contributed by atoms with E-state index in [0.717, 1.165) is 5.75 Å². The minimum Gasteiger partial charge on any atom is -0.493 e. The van der Waals surface area contributed by atoms with Gasteiger partial charge in [0.1, 0.15) is 5.75 Å². The molecule has 1 aromatic carbocycles. The monoisotopic (exact) mass is 208 g/mol. The van der Waals surface area contributed by atoms with E-state index in [0.29, 0.717) is 18.9 Å². The van der Waals surface area contributed by atoms with Crippen molar-refractivity contribution in [3.63, 3.8) is 0 Å². The first-order valence-electron chi connectivity index (χ1n) is 5.47. The quantitative estimate of drug-likeness (QED) is 0.806. The van der Waals surface area contributed by atoms with Gasteiger partial charge in [-0.3, -0.25) is 0 Å². The molecule has 0 radical (unpaired) electrons. The van der Waals surface area contributed by atoms with Crippen molar-refractivity contribution in [1.82, 2.24) is 0 Å². The predicted octanol–water partition coefficient (Wildman–Crippen LogP) is 2.78. The normalized spacial score (nSPS) is 12.9. The second kappa shape index (κ2) is 5.76. The molecule has 1 atom stereocenters. The van der Waals surface area contributed by atoms with E-state index < -0.39 is 0 Å². The van der Waals surface area contributed by atoms with Gasteiger partial charge in [0.15, 0.2) is 0 Å². The van der Waals surface area contributed by atoms with Crippen LogP contribution in [0.5, 0.6) is 5.75 Å². The highest BCUT2D eigenvalue weighted by atomic mass is 16.5. The van der Waals surface area contributed by atoms with Gasteiger partial charge in [0, 0.05) is 6.42 Å². The lowest BCUT2D eigenvalue weighted by Gasteiger charge is -2.14. The molecule has 1 rings (SSSR count). The Morgan fingerprint density at radius 2 is 1.80 bits per heavy atom. The summed E-state index contributed by atoms with van der Waals surface area (Å²) in [7, 11) is 0. The number of aryl methyl sites for hydroxylation is 1. The van der Waals surface area contributed by atoms with E-state index in [1.165, 1.54) is 5.56 Å². The third kappa shape index (κ3) is 4.34. The molecule has 0 aromatic heterocycles. The third-order valence-corrected chi connectivity index (χ3v) is 2.47. The van der Waals surface area contributed by atoms with Gasteiger partial charge in [0.25, 0.3) is 0 Å². The number of ether oxygens (including phenoxy) is 1. The first-order valence-corrected chi connectivity index (χ1v) is 5.47. The summed E-state index contributed by atoms with van der Waals surface area (Å²) in [6.45, 7) is 6.64. The molecule has 1 aromatic rings. The van der Waals surface area contributed by atoms with Gasteiger partial charge in [-0.05, 0) is 25.0 Å². The largest absolute Gasteiger partial charge is 0.493 e. The van der Waals surface area contributed by atoms with Gasteiger partial charge in [0.2, 0.25) is 0 Å². The van der Waals surface area contributed by atoms with Crippen LogP contribution in [0.1, 0.15) is 25.8 Å². The molecule has 1 N–H and O–H groups in total. The number of hydrogen-bond donors (Lipinski definition) is 1. The molecule has 0 saturated heterocycles. The van der Waals surface area contributed by atoms with Gasteiger partial charge in [-0.25, -0.2) is 0 Å². The van der Waals surface area contributed by atoms with Crippen molar-refractivity contribution < 1.29 is 9.84 Å². The van der Waals surface area contributed by atoms with E-state index in [1.54, 1.807) is 0 Å². The highest BCUT2D eigenvalue weighted by Gasteiger charge is 2.08. The summed E-state index contributed by atoms with van der Waals surface area (Å²) >= 11 is 0. The minimum atomic E-state index is -0.268. The second-order valence-electron chi connectivity index (χ2n) is 4.26. The molecule has 0 aliphatic rings. The average Bonchev–Trinajstić information content (AvgIpc) is 2.20. The molecule has 15 heavy (non-hydrogen) atoms. The van der Waals surface area contributed by atoms with Crippen molar-refractivity contribution in [3.8, 4) is 5.75 Å².